The van der Waals surface area contributed by atoms with Crippen molar-refractivity contribution >= 4 is 16.9 Å². The molecule has 3 N–H and O–H groups in total. The zero-order chi connectivity index (χ0) is 14.5. The van der Waals surface area contributed by atoms with Gasteiger partial charge in [0.2, 0.25) is 5.91 Å². The van der Waals surface area contributed by atoms with Crippen LogP contribution in [0.25, 0.3) is 11.0 Å². The van der Waals surface area contributed by atoms with E-state index < -0.39 is 0 Å². The van der Waals surface area contributed by atoms with Gasteiger partial charge in [0.25, 0.3) is 0 Å². The van der Waals surface area contributed by atoms with Crippen LogP contribution in [0.4, 0.5) is 0 Å². The molecular formula is C16H22N2O2. The Labute approximate surface area is 119 Å². The van der Waals surface area contributed by atoms with Gasteiger partial charge in [0, 0.05) is 11.3 Å². The smallest absolute Gasteiger partial charge is 0.223 e. The third-order valence-electron chi connectivity index (χ3n) is 3.52. The molecule has 2 rings (SSSR count). The third-order valence-corrected chi connectivity index (χ3v) is 3.52. The quantitative estimate of drug-likeness (QED) is 0.851. The maximum Gasteiger partial charge on any atom is 0.223 e. The molecule has 2 unspecified atom stereocenters. The van der Waals surface area contributed by atoms with Gasteiger partial charge >= 0.3 is 0 Å². The van der Waals surface area contributed by atoms with Gasteiger partial charge in [0.15, 0.2) is 0 Å². The predicted molar refractivity (Wildman–Crippen MR) is 80.2 cm³/mol. The van der Waals surface area contributed by atoms with Crippen LogP contribution in [0.2, 0.25) is 0 Å². The number of carbonyl (C=O) groups excluding carboxylic acids is 1. The van der Waals surface area contributed by atoms with Crippen molar-refractivity contribution in [1.29, 1.82) is 0 Å². The number of hydrogen-bond donors (Lipinski definition) is 2. The molecule has 1 aromatic heterocycles. The molecule has 1 heterocycles. The van der Waals surface area contributed by atoms with E-state index in [1.165, 1.54) is 0 Å². The molecule has 4 nitrogen and oxygen atoms in total. The fourth-order valence-corrected chi connectivity index (χ4v) is 2.20. The summed E-state index contributed by atoms with van der Waals surface area (Å²) in [6, 6.07) is 9.69. The van der Waals surface area contributed by atoms with Crippen LogP contribution in [0.5, 0.6) is 0 Å². The van der Waals surface area contributed by atoms with Crippen molar-refractivity contribution in [2.45, 2.75) is 32.7 Å². The molecule has 0 spiro atoms. The summed E-state index contributed by atoms with van der Waals surface area (Å²) in [5.74, 6) is 0.808. The molecule has 0 fully saturated rings. The fraction of sp³-hybridized carbons (Fsp3) is 0.438. The Kier molecular flexibility index (Phi) is 4.79. The molecule has 0 aliphatic heterocycles. The van der Waals surface area contributed by atoms with E-state index in [4.69, 9.17) is 10.2 Å². The highest BCUT2D eigenvalue weighted by molar-refractivity contribution is 5.80. The van der Waals surface area contributed by atoms with Gasteiger partial charge in [-0.2, -0.15) is 0 Å². The minimum atomic E-state index is -0.129. The van der Waals surface area contributed by atoms with Crippen molar-refractivity contribution in [1.82, 2.24) is 5.32 Å². The van der Waals surface area contributed by atoms with Gasteiger partial charge < -0.3 is 15.5 Å². The lowest BCUT2D eigenvalue weighted by Crippen LogP contribution is -2.31. The van der Waals surface area contributed by atoms with Gasteiger partial charge in [-0.3, -0.25) is 4.79 Å². The number of benzene rings is 1. The highest BCUT2D eigenvalue weighted by atomic mass is 16.3. The number of hydrogen-bond acceptors (Lipinski definition) is 3. The van der Waals surface area contributed by atoms with Crippen LogP contribution in [0.1, 0.15) is 38.5 Å². The topological polar surface area (TPSA) is 68.3 Å². The van der Waals surface area contributed by atoms with Gasteiger partial charge in [0.05, 0.1) is 6.04 Å². The second-order valence-corrected chi connectivity index (χ2v) is 5.25. The first-order valence-corrected chi connectivity index (χ1v) is 7.10. The minimum Gasteiger partial charge on any atom is -0.459 e. The van der Waals surface area contributed by atoms with Crippen LogP contribution in [-0.4, -0.2) is 12.5 Å². The number of fused-ring (bicyclic) bond motifs is 1. The van der Waals surface area contributed by atoms with Gasteiger partial charge in [-0.05, 0) is 38.4 Å². The normalized spacial score (nSPS) is 14.2. The fourth-order valence-electron chi connectivity index (χ4n) is 2.20. The molecule has 108 valence electrons. The summed E-state index contributed by atoms with van der Waals surface area (Å²) in [6.45, 7) is 4.48. The summed E-state index contributed by atoms with van der Waals surface area (Å²) < 4.78 is 5.76. The first kappa shape index (κ1) is 14.6. The second kappa shape index (κ2) is 6.57. The SMILES string of the molecule is CC(CCCN)C(=O)NC(C)c1cc2ccccc2o1. The number of amides is 1. The van der Waals surface area contributed by atoms with E-state index in [0.717, 1.165) is 29.6 Å². The Balaban J connectivity index is 2.00. The van der Waals surface area contributed by atoms with Crippen LogP contribution in [0.3, 0.4) is 0 Å². The number of nitrogens with two attached hydrogens (primary N) is 1. The Hall–Kier alpha value is -1.81. The van der Waals surface area contributed by atoms with Crippen molar-refractivity contribution < 1.29 is 9.21 Å². The molecule has 0 saturated heterocycles. The molecule has 20 heavy (non-hydrogen) atoms. The van der Waals surface area contributed by atoms with E-state index in [1.807, 2.05) is 44.2 Å². The number of para-hydroxylation sites is 1. The molecule has 4 heteroatoms. The molecule has 2 atom stereocenters. The third kappa shape index (κ3) is 3.39. The van der Waals surface area contributed by atoms with Crippen LogP contribution < -0.4 is 11.1 Å². The van der Waals surface area contributed by atoms with E-state index in [1.54, 1.807) is 0 Å². The zero-order valence-corrected chi connectivity index (χ0v) is 12.1. The van der Waals surface area contributed by atoms with Crippen LogP contribution in [-0.2, 0) is 4.79 Å². The summed E-state index contributed by atoms with van der Waals surface area (Å²) in [7, 11) is 0. The van der Waals surface area contributed by atoms with E-state index in [2.05, 4.69) is 5.32 Å². The van der Waals surface area contributed by atoms with Crippen LogP contribution >= 0.6 is 0 Å². The van der Waals surface area contributed by atoms with Crippen molar-refractivity contribution in [3.8, 4) is 0 Å². The molecule has 0 bridgehead atoms. The van der Waals surface area contributed by atoms with E-state index >= 15 is 0 Å². The summed E-state index contributed by atoms with van der Waals surface area (Å²) in [5, 5.41) is 4.05. The average Bonchev–Trinajstić information content (AvgIpc) is 2.88. The monoisotopic (exact) mass is 274 g/mol. The van der Waals surface area contributed by atoms with Crippen molar-refractivity contribution in [3.05, 3.63) is 36.1 Å². The van der Waals surface area contributed by atoms with Crippen LogP contribution in [0.15, 0.2) is 34.7 Å². The lowest BCUT2D eigenvalue weighted by atomic mass is 10.0. The van der Waals surface area contributed by atoms with Gasteiger partial charge in [0.1, 0.15) is 11.3 Å². The first-order valence-electron chi connectivity index (χ1n) is 7.10. The van der Waals surface area contributed by atoms with Crippen LogP contribution in [0, 0.1) is 5.92 Å². The minimum absolute atomic E-state index is 0.0228. The molecule has 0 aliphatic carbocycles. The van der Waals surface area contributed by atoms with Crippen molar-refractivity contribution in [2.24, 2.45) is 11.7 Å². The zero-order valence-electron chi connectivity index (χ0n) is 12.1. The van der Waals surface area contributed by atoms with Crippen molar-refractivity contribution in [3.63, 3.8) is 0 Å². The van der Waals surface area contributed by atoms with Gasteiger partial charge in [-0.25, -0.2) is 0 Å². The van der Waals surface area contributed by atoms with E-state index in [0.29, 0.717) is 6.54 Å². The average molecular weight is 274 g/mol. The Bertz CT molecular complexity index is 544. The van der Waals surface area contributed by atoms with Crippen molar-refractivity contribution in [2.75, 3.05) is 6.54 Å². The van der Waals surface area contributed by atoms with Gasteiger partial charge in [-0.1, -0.05) is 25.1 Å². The standard InChI is InChI=1S/C16H22N2O2/c1-11(6-5-9-17)16(19)18-12(2)15-10-13-7-3-4-8-14(13)20-15/h3-4,7-8,10-12H,5-6,9,17H2,1-2H3,(H,18,19). The number of carbonyl (C=O) groups is 1. The predicted octanol–water partition coefficient (Wildman–Crippen LogP) is 2.99. The van der Waals surface area contributed by atoms with E-state index in [-0.39, 0.29) is 17.9 Å². The molecule has 2 aromatic rings. The Morgan fingerprint density at radius 1 is 1.35 bits per heavy atom. The summed E-state index contributed by atoms with van der Waals surface area (Å²) in [4.78, 5) is 12.1. The lowest BCUT2D eigenvalue weighted by molar-refractivity contribution is -0.125. The Morgan fingerprint density at radius 3 is 2.80 bits per heavy atom. The summed E-state index contributed by atoms with van der Waals surface area (Å²) in [6.07, 6.45) is 1.68. The maximum absolute atomic E-state index is 12.1. The maximum atomic E-state index is 12.1. The molecule has 1 amide bonds. The molecular weight excluding hydrogens is 252 g/mol. The number of rotatable bonds is 6. The second-order valence-electron chi connectivity index (χ2n) is 5.25. The number of furan rings is 1. The summed E-state index contributed by atoms with van der Waals surface area (Å²) in [5.41, 5.74) is 6.31. The molecule has 0 aliphatic rings. The van der Waals surface area contributed by atoms with E-state index in [9.17, 15) is 4.79 Å². The Morgan fingerprint density at radius 2 is 2.10 bits per heavy atom. The first-order chi connectivity index (χ1) is 9.61. The molecule has 1 aromatic carbocycles. The highest BCUT2D eigenvalue weighted by Crippen LogP contribution is 2.23. The molecule has 0 saturated carbocycles. The lowest BCUT2D eigenvalue weighted by Gasteiger charge is -2.15. The van der Waals surface area contributed by atoms with Gasteiger partial charge in [-0.15, -0.1) is 0 Å². The largest absolute Gasteiger partial charge is 0.459 e. The summed E-state index contributed by atoms with van der Waals surface area (Å²) >= 11 is 0. The molecule has 0 radical (unpaired) electrons. The highest BCUT2D eigenvalue weighted by Gasteiger charge is 2.18. The number of nitrogens with one attached hydrogen (secondary N) is 1.